The number of nitro benzene ring substituents is 1. The Morgan fingerprint density at radius 3 is 2.71 bits per heavy atom. The normalized spacial score (nSPS) is 15.0. The third-order valence-corrected chi connectivity index (χ3v) is 3.42. The summed E-state index contributed by atoms with van der Waals surface area (Å²) in [5.41, 5.74) is 1.15. The number of rotatable bonds is 3. The molecule has 1 aromatic heterocycles. The van der Waals surface area contributed by atoms with Gasteiger partial charge in [0.15, 0.2) is 0 Å². The number of nitrogens with one attached hydrogen (secondary N) is 1. The predicted octanol–water partition coefficient (Wildman–Crippen LogP) is 1.46. The maximum absolute atomic E-state index is 11.1. The van der Waals surface area contributed by atoms with Gasteiger partial charge in [0.2, 0.25) is 5.95 Å². The van der Waals surface area contributed by atoms with Crippen LogP contribution in [0.1, 0.15) is 0 Å². The molecule has 0 amide bonds. The van der Waals surface area contributed by atoms with Crippen LogP contribution in [-0.2, 0) is 0 Å². The van der Waals surface area contributed by atoms with Crippen LogP contribution >= 0.6 is 0 Å². The Kier molecular flexibility index (Phi) is 3.74. The van der Waals surface area contributed by atoms with Gasteiger partial charge in [-0.25, -0.2) is 9.97 Å². The molecule has 0 radical (unpaired) electrons. The first-order valence-electron chi connectivity index (χ1n) is 6.78. The molecule has 108 valence electrons. The molecule has 7 heteroatoms. The first kappa shape index (κ1) is 13.4. The standard InChI is InChI=1S/C14H15N5O2/c20-19(21)13-4-2-1-3-11(13)12-5-6-16-14(17-12)18-9-7-15-8-10-18/h1-6,15H,7-10H2. The number of nitro groups is 1. The molecule has 0 aliphatic carbocycles. The molecule has 2 heterocycles. The minimum absolute atomic E-state index is 0.0578. The van der Waals surface area contributed by atoms with E-state index in [-0.39, 0.29) is 10.6 Å². The Labute approximate surface area is 121 Å². The van der Waals surface area contributed by atoms with Gasteiger partial charge in [0, 0.05) is 38.4 Å². The summed E-state index contributed by atoms with van der Waals surface area (Å²) in [7, 11) is 0. The number of para-hydroxylation sites is 1. The predicted molar refractivity (Wildman–Crippen MR) is 79.2 cm³/mol. The zero-order valence-electron chi connectivity index (χ0n) is 11.4. The van der Waals surface area contributed by atoms with Crippen LogP contribution in [0.3, 0.4) is 0 Å². The molecule has 1 aliphatic heterocycles. The van der Waals surface area contributed by atoms with E-state index in [0.717, 1.165) is 26.2 Å². The fourth-order valence-electron chi connectivity index (χ4n) is 2.37. The van der Waals surface area contributed by atoms with E-state index in [1.54, 1.807) is 30.5 Å². The van der Waals surface area contributed by atoms with Gasteiger partial charge >= 0.3 is 0 Å². The van der Waals surface area contributed by atoms with Crippen LogP contribution in [0.15, 0.2) is 36.5 Å². The third kappa shape index (κ3) is 2.82. The van der Waals surface area contributed by atoms with Crippen molar-refractivity contribution in [3.8, 4) is 11.3 Å². The van der Waals surface area contributed by atoms with Gasteiger partial charge in [0.05, 0.1) is 16.2 Å². The van der Waals surface area contributed by atoms with Gasteiger partial charge in [0.25, 0.3) is 5.69 Å². The Balaban J connectivity index is 1.98. The van der Waals surface area contributed by atoms with Crippen molar-refractivity contribution >= 4 is 11.6 Å². The molecule has 0 atom stereocenters. The molecule has 2 aromatic rings. The second-order valence-electron chi connectivity index (χ2n) is 4.75. The van der Waals surface area contributed by atoms with Crippen LogP contribution in [0.4, 0.5) is 11.6 Å². The fourth-order valence-corrected chi connectivity index (χ4v) is 2.37. The monoisotopic (exact) mass is 285 g/mol. The van der Waals surface area contributed by atoms with Crippen molar-refractivity contribution in [1.82, 2.24) is 15.3 Å². The van der Waals surface area contributed by atoms with E-state index in [2.05, 4.69) is 20.2 Å². The van der Waals surface area contributed by atoms with E-state index < -0.39 is 0 Å². The Bertz CT molecular complexity index is 655. The van der Waals surface area contributed by atoms with Gasteiger partial charge in [-0.05, 0) is 12.1 Å². The van der Waals surface area contributed by atoms with Gasteiger partial charge in [-0.15, -0.1) is 0 Å². The largest absolute Gasteiger partial charge is 0.338 e. The minimum atomic E-state index is -0.387. The van der Waals surface area contributed by atoms with Crippen molar-refractivity contribution in [2.45, 2.75) is 0 Å². The van der Waals surface area contributed by atoms with Gasteiger partial charge in [-0.1, -0.05) is 12.1 Å². The summed E-state index contributed by atoms with van der Waals surface area (Å²) in [6.07, 6.45) is 1.65. The number of aromatic nitrogens is 2. The molecule has 1 fully saturated rings. The molecule has 1 aromatic carbocycles. The minimum Gasteiger partial charge on any atom is -0.338 e. The molecule has 21 heavy (non-hydrogen) atoms. The average Bonchev–Trinajstić information content (AvgIpc) is 2.56. The van der Waals surface area contributed by atoms with Crippen molar-refractivity contribution in [3.63, 3.8) is 0 Å². The Hall–Kier alpha value is -2.54. The highest BCUT2D eigenvalue weighted by molar-refractivity contribution is 5.70. The van der Waals surface area contributed by atoms with Crippen LogP contribution in [0.5, 0.6) is 0 Å². The molecular formula is C14H15N5O2. The molecule has 1 N–H and O–H groups in total. The van der Waals surface area contributed by atoms with E-state index in [1.165, 1.54) is 6.07 Å². The smallest absolute Gasteiger partial charge is 0.278 e. The lowest BCUT2D eigenvalue weighted by atomic mass is 10.1. The summed E-state index contributed by atoms with van der Waals surface area (Å²) in [6.45, 7) is 3.44. The fraction of sp³-hybridized carbons (Fsp3) is 0.286. The van der Waals surface area contributed by atoms with Crippen LogP contribution in [-0.4, -0.2) is 41.1 Å². The molecule has 7 nitrogen and oxygen atoms in total. The lowest BCUT2D eigenvalue weighted by molar-refractivity contribution is -0.384. The highest BCUT2D eigenvalue weighted by Gasteiger charge is 2.18. The molecule has 0 saturated carbocycles. The average molecular weight is 285 g/mol. The van der Waals surface area contributed by atoms with Gasteiger partial charge < -0.3 is 10.2 Å². The summed E-state index contributed by atoms with van der Waals surface area (Å²) in [4.78, 5) is 21.6. The van der Waals surface area contributed by atoms with Gasteiger partial charge in [0.1, 0.15) is 0 Å². The Morgan fingerprint density at radius 2 is 1.95 bits per heavy atom. The maximum atomic E-state index is 11.1. The molecule has 3 rings (SSSR count). The summed E-state index contributed by atoms with van der Waals surface area (Å²) >= 11 is 0. The molecule has 0 bridgehead atoms. The zero-order chi connectivity index (χ0) is 14.7. The van der Waals surface area contributed by atoms with Crippen molar-refractivity contribution in [3.05, 3.63) is 46.6 Å². The van der Waals surface area contributed by atoms with E-state index >= 15 is 0 Å². The molecule has 0 spiro atoms. The topological polar surface area (TPSA) is 84.2 Å². The van der Waals surface area contributed by atoms with Gasteiger partial charge in [-0.3, -0.25) is 10.1 Å². The molecule has 1 saturated heterocycles. The summed E-state index contributed by atoms with van der Waals surface area (Å²) < 4.78 is 0. The number of anilines is 1. The summed E-state index contributed by atoms with van der Waals surface area (Å²) in [5.74, 6) is 0.618. The SMILES string of the molecule is O=[N+]([O-])c1ccccc1-c1ccnc(N2CCNCC2)n1. The van der Waals surface area contributed by atoms with E-state index in [1.807, 2.05) is 0 Å². The quantitative estimate of drug-likeness (QED) is 0.679. The van der Waals surface area contributed by atoms with Crippen LogP contribution < -0.4 is 10.2 Å². The third-order valence-electron chi connectivity index (χ3n) is 3.42. The molecule has 1 aliphatic rings. The highest BCUT2D eigenvalue weighted by atomic mass is 16.6. The lowest BCUT2D eigenvalue weighted by Gasteiger charge is -2.27. The maximum Gasteiger partial charge on any atom is 0.278 e. The van der Waals surface area contributed by atoms with Crippen LogP contribution in [0.2, 0.25) is 0 Å². The van der Waals surface area contributed by atoms with Gasteiger partial charge in [-0.2, -0.15) is 0 Å². The van der Waals surface area contributed by atoms with E-state index in [9.17, 15) is 10.1 Å². The second-order valence-corrected chi connectivity index (χ2v) is 4.75. The summed E-state index contributed by atoms with van der Waals surface area (Å²) in [6, 6.07) is 8.33. The van der Waals surface area contributed by atoms with Crippen molar-refractivity contribution in [2.75, 3.05) is 31.1 Å². The number of nitrogens with zero attached hydrogens (tertiary/aromatic N) is 4. The molecular weight excluding hydrogens is 270 g/mol. The summed E-state index contributed by atoms with van der Waals surface area (Å²) in [5, 5.41) is 14.4. The number of benzene rings is 1. The Morgan fingerprint density at radius 1 is 1.19 bits per heavy atom. The number of piperazine rings is 1. The number of hydrogen-bond acceptors (Lipinski definition) is 6. The van der Waals surface area contributed by atoms with E-state index in [4.69, 9.17) is 0 Å². The zero-order valence-corrected chi connectivity index (χ0v) is 11.4. The first-order chi connectivity index (χ1) is 10.3. The second kappa shape index (κ2) is 5.84. The van der Waals surface area contributed by atoms with Crippen LogP contribution in [0, 0.1) is 10.1 Å². The highest BCUT2D eigenvalue weighted by Crippen LogP contribution is 2.28. The lowest BCUT2D eigenvalue weighted by Crippen LogP contribution is -2.44. The first-order valence-corrected chi connectivity index (χ1v) is 6.78. The van der Waals surface area contributed by atoms with Crippen molar-refractivity contribution < 1.29 is 4.92 Å². The number of hydrogen-bond donors (Lipinski definition) is 1. The van der Waals surface area contributed by atoms with Crippen molar-refractivity contribution in [1.29, 1.82) is 0 Å². The van der Waals surface area contributed by atoms with E-state index in [0.29, 0.717) is 17.2 Å². The van der Waals surface area contributed by atoms with Crippen LogP contribution in [0.25, 0.3) is 11.3 Å². The molecule has 0 unspecified atom stereocenters. The van der Waals surface area contributed by atoms with Crippen molar-refractivity contribution in [2.24, 2.45) is 0 Å².